The number of hydrogen-bond donors (Lipinski definition) is 2. The van der Waals surface area contributed by atoms with Gasteiger partial charge in [-0.05, 0) is 34.6 Å². The van der Waals surface area contributed by atoms with Crippen molar-refractivity contribution in [2.45, 2.75) is 63.4 Å². The Balaban J connectivity index is 1.30. The van der Waals surface area contributed by atoms with Crippen LogP contribution in [0.3, 0.4) is 0 Å². The van der Waals surface area contributed by atoms with Gasteiger partial charge in [0, 0.05) is 11.8 Å². The molecule has 6 heteroatoms. The van der Waals surface area contributed by atoms with E-state index in [1.54, 1.807) is 0 Å². The summed E-state index contributed by atoms with van der Waals surface area (Å²) in [5.41, 5.74) is 4.24. The molecule has 0 heterocycles. The van der Waals surface area contributed by atoms with E-state index in [0.29, 0.717) is 39.5 Å². The van der Waals surface area contributed by atoms with Crippen LogP contribution in [0.25, 0.3) is 0 Å². The Morgan fingerprint density at radius 3 is 1.32 bits per heavy atom. The zero-order valence-electron chi connectivity index (χ0n) is 24.9. The number of benzene rings is 4. The van der Waals surface area contributed by atoms with E-state index in [9.17, 15) is 10.2 Å². The molecule has 4 aromatic rings. The zero-order chi connectivity index (χ0) is 30.1. The van der Waals surface area contributed by atoms with Gasteiger partial charge in [0.1, 0.15) is 6.10 Å². The van der Waals surface area contributed by atoms with Crippen LogP contribution >= 0.6 is 0 Å². The van der Waals surface area contributed by atoms with Crippen molar-refractivity contribution in [2.24, 2.45) is 17.8 Å². The molecule has 6 nitrogen and oxygen atoms in total. The van der Waals surface area contributed by atoms with E-state index < -0.39 is 30.3 Å². The summed E-state index contributed by atoms with van der Waals surface area (Å²) in [5.74, 6) is -0.597. The lowest BCUT2D eigenvalue weighted by atomic mass is 9.70. The van der Waals surface area contributed by atoms with E-state index in [2.05, 4.69) is 12.1 Å². The normalized spacial score (nSPS) is 28.0. The highest BCUT2D eigenvalue weighted by molar-refractivity contribution is 5.18. The summed E-state index contributed by atoms with van der Waals surface area (Å²) in [6, 6.07) is 40.3. The molecule has 0 bridgehead atoms. The SMILES string of the molecule is O[C@H]1[C@H]2[C@@H](OCc3ccccc3)[C@H](OCc3ccccc3)[C@H](OCc3ccccc3)[C@@H]2[C@H](COCc2ccccc2)C[C@@H]1O. The van der Waals surface area contributed by atoms with Crippen molar-refractivity contribution in [3.05, 3.63) is 144 Å². The average Bonchev–Trinajstić information content (AvgIpc) is 3.39. The second kappa shape index (κ2) is 15.1. The quantitative estimate of drug-likeness (QED) is 0.199. The molecule has 0 amide bonds. The smallest absolute Gasteiger partial charge is 0.111 e. The first-order chi connectivity index (χ1) is 21.7. The lowest BCUT2D eigenvalue weighted by Crippen LogP contribution is -2.51. The van der Waals surface area contributed by atoms with E-state index in [1.807, 2.05) is 109 Å². The summed E-state index contributed by atoms with van der Waals surface area (Å²) in [7, 11) is 0. The molecular weight excluding hydrogens is 552 g/mol. The minimum absolute atomic E-state index is 0.0592. The third-order valence-electron chi connectivity index (χ3n) is 9.03. The molecule has 6 rings (SSSR count). The van der Waals surface area contributed by atoms with Crippen LogP contribution in [0.2, 0.25) is 0 Å². The van der Waals surface area contributed by atoms with Crippen LogP contribution in [0.4, 0.5) is 0 Å². The maximum Gasteiger partial charge on any atom is 0.111 e. The van der Waals surface area contributed by atoms with Gasteiger partial charge in [0.15, 0.2) is 0 Å². The summed E-state index contributed by atoms with van der Waals surface area (Å²) in [5, 5.41) is 22.7. The Morgan fingerprint density at radius 2 is 0.864 bits per heavy atom. The zero-order valence-corrected chi connectivity index (χ0v) is 24.9. The predicted molar refractivity (Wildman–Crippen MR) is 168 cm³/mol. The number of rotatable bonds is 13. The lowest BCUT2D eigenvalue weighted by Gasteiger charge is -2.42. The Morgan fingerprint density at radius 1 is 0.477 bits per heavy atom. The first kappa shape index (κ1) is 30.7. The molecular formula is C38H42O6. The van der Waals surface area contributed by atoms with Crippen molar-refractivity contribution in [3.63, 3.8) is 0 Å². The molecule has 0 spiro atoms. The number of fused-ring (bicyclic) bond motifs is 1. The Kier molecular flexibility index (Phi) is 10.5. The fourth-order valence-electron chi connectivity index (χ4n) is 6.91. The summed E-state index contributed by atoms with van der Waals surface area (Å²) < 4.78 is 26.4. The van der Waals surface area contributed by atoms with Crippen molar-refractivity contribution < 1.29 is 29.2 Å². The van der Waals surface area contributed by atoms with Crippen molar-refractivity contribution >= 4 is 0 Å². The maximum absolute atomic E-state index is 11.6. The van der Waals surface area contributed by atoms with Crippen molar-refractivity contribution in [3.8, 4) is 0 Å². The molecule has 2 aliphatic rings. The van der Waals surface area contributed by atoms with Gasteiger partial charge in [0.2, 0.25) is 0 Å². The molecule has 2 aliphatic carbocycles. The van der Waals surface area contributed by atoms with Crippen LogP contribution in [0.1, 0.15) is 28.7 Å². The molecule has 0 radical (unpaired) electrons. The van der Waals surface area contributed by atoms with E-state index in [4.69, 9.17) is 18.9 Å². The van der Waals surface area contributed by atoms with E-state index in [-0.39, 0.29) is 17.9 Å². The molecule has 0 saturated heterocycles. The molecule has 0 unspecified atom stereocenters. The first-order valence-corrected chi connectivity index (χ1v) is 15.6. The highest BCUT2D eigenvalue weighted by Crippen LogP contribution is 2.50. The molecule has 2 N–H and O–H groups in total. The van der Waals surface area contributed by atoms with Gasteiger partial charge in [-0.2, -0.15) is 0 Å². The Hall–Kier alpha value is -3.36. The monoisotopic (exact) mass is 594 g/mol. The molecule has 0 aliphatic heterocycles. The molecule has 0 aromatic heterocycles. The van der Waals surface area contributed by atoms with Crippen LogP contribution in [0.15, 0.2) is 121 Å². The molecule has 2 saturated carbocycles. The van der Waals surface area contributed by atoms with Crippen LogP contribution in [0.5, 0.6) is 0 Å². The molecule has 4 aromatic carbocycles. The topological polar surface area (TPSA) is 77.4 Å². The molecule has 8 atom stereocenters. The Labute approximate surface area is 260 Å². The van der Waals surface area contributed by atoms with Gasteiger partial charge >= 0.3 is 0 Å². The van der Waals surface area contributed by atoms with Crippen LogP contribution in [0, 0.1) is 17.8 Å². The van der Waals surface area contributed by atoms with Crippen molar-refractivity contribution in [2.75, 3.05) is 6.61 Å². The average molecular weight is 595 g/mol. The third-order valence-corrected chi connectivity index (χ3v) is 9.03. The lowest BCUT2D eigenvalue weighted by molar-refractivity contribution is -0.145. The number of hydrogen-bond acceptors (Lipinski definition) is 6. The highest BCUT2D eigenvalue weighted by atomic mass is 16.6. The minimum atomic E-state index is -0.973. The van der Waals surface area contributed by atoms with Gasteiger partial charge in [0.05, 0.1) is 57.5 Å². The second-order valence-electron chi connectivity index (χ2n) is 12.0. The number of aliphatic hydroxyl groups is 2. The summed E-state index contributed by atoms with van der Waals surface area (Å²) >= 11 is 0. The molecule has 44 heavy (non-hydrogen) atoms. The summed E-state index contributed by atoms with van der Waals surface area (Å²) in [4.78, 5) is 0. The summed E-state index contributed by atoms with van der Waals surface area (Å²) in [6.45, 7) is 2.06. The van der Waals surface area contributed by atoms with Crippen LogP contribution in [-0.2, 0) is 45.4 Å². The number of ether oxygens (including phenoxy) is 4. The number of aliphatic hydroxyl groups excluding tert-OH is 2. The largest absolute Gasteiger partial charge is 0.390 e. The molecule has 230 valence electrons. The molecule has 2 fully saturated rings. The van der Waals surface area contributed by atoms with Crippen molar-refractivity contribution in [1.82, 2.24) is 0 Å². The van der Waals surface area contributed by atoms with E-state index in [0.717, 1.165) is 22.3 Å². The first-order valence-electron chi connectivity index (χ1n) is 15.6. The van der Waals surface area contributed by atoms with Gasteiger partial charge < -0.3 is 29.2 Å². The predicted octanol–water partition coefficient (Wildman–Crippen LogP) is 5.95. The van der Waals surface area contributed by atoms with Gasteiger partial charge in [0.25, 0.3) is 0 Å². The Bertz CT molecular complexity index is 1390. The summed E-state index contributed by atoms with van der Waals surface area (Å²) in [6.07, 6.45) is -2.79. The fraction of sp³-hybridized carbons (Fsp3) is 0.368. The maximum atomic E-state index is 11.6. The van der Waals surface area contributed by atoms with Gasteiger partial charge in [-0.1, -0.05) is 121 Å². The second-order valence-corrected chi connectivity index (χ2v) is 12.0. The van der Waals surface area contributed by atoms with Gasteiger partial charge in [-0.25, -0.2) is 0 Å². The van der Waals surface area contributed by atoms with E-state index >= 15 is 0 Å². The van der Waals surface area contributed by atoms with Crippen LogP contribution < -0.4 is 0 Å². The minimum Gasteiger partial charge on any atom is -0.390 e. The van der Waals surface area contributed by atoms with Crippen LogP contribution in [-0.4, -0.2) is 47.3 Å². The standard InChI is InChI=1S/C38H42O6/c39-32-21-31(26-41-22-27-13-5-1-6-14-27)33-34(35(32)40)37(43-24-29-17-9-3-10-18-29)38(44-25-30-19-11-4-12-20-30)36(33)42-23-28-15-7-2-8-16-28/h1-20,31-40H,21-26H2/t31-,32-,33+,34-,35+,36+,37+,38+/m0/s1. The van der Waals surface area contributed by atoms with E-state index in [1.165, 1.54) is 0 Å². The van der Waals surface area contributed by atoms with Gasteiger partial charge in [-0.15, -0.1) is 0 Å². The van der Waals surface area contributed by atoms with Crippen molar-refractivity contribution in [1.29, 1.82) is 0 Å². The van der Waals surface area contributed by atoms with Gasteiger partial charge in [-0.3, -0.25) is 0 Å². The fourth-order valence-corrected chi connectivity index (χ4v) is 6.91. The third kappa shape index (κ3) is 7.46. The highest BCUT2D eigenvalue weighted by Gasteiger charge is 2.61.